The number of carbonyl (C=O) groups is 2. The molecule has 17 heavy (non-hydrogen) atoms. The van der Waals surface area contributed by atoms with E-state index in [1.54, 1.807) is 0 Å². The molecule has 1 aliphatic rings. The summed E-state index contributed by atoms with van der Waals surface area (Å²) in [7, 11) is 0. The van der Waals surface area contributed by atoms with Crippen LogP contribution in [0.3, 0.4) is 0 Å². The summed E-state index contributed by atoms with van der Waals surface area (Å²) < 4.78 is 0. The minimum absolute atomic E-state index is 0.00720. The van der Waals surface area contributed by atoms with Gasteiger partial charge in [0.2, 0.25) is 0 Å². The number of likely N-dealkylation sites (tertiary alicyclic amines) is 1. The van der Waals surface area contributed by atoms with E-state index in [9.17, 15) is 9.59 Å². The first-order chi connectivity index (χ1) is 8.09. The number of aliphatic carboxylic acids is 1. The third kappa shape index (κ3) is 5.56. The molecule has 0 spiro atoms. The Labute approximate surface area is 102 Å². The molecule has 1 fully saturated rings. The Morgan fingerprint density at radius 3 is 2.53 bits per heavy atom. The van der Waals surface area contributed by atoms with Gasteiger partial charge < -0.3 is 15.3 Å². The van der Waals surface area contributed by atoms with Crippen molar-refractivity contribution in [3.05, 3.63) is 0 Å². The molecular formula is C12H22N2O3. The summed E-state index contributed by atoms with van der Waals surface area (Å²) in [6, 6.07) is -0.00720. The predicted octanol–water partition coefficient (Wildman–Crippen LogP) is 1.68. The zero-order valence-corrected chi connectivity index (χ0v) is 10.4. The molecule has 0 atom stereocenters. The fraction of sp³-hybridized carbons (Fsp3) is 0.833. The zero-order valence-electron chi connectivity index (χ0n) is 10.4. The van der Waals surface area contributed by atoms with Gasteiger partial charge >= 0.3 is 12.0 Å². The van der Waals surface area contributed by atoms with Crippen molar-refractivity contribution >= 4 is 12.0 Å². The molecule has 5 heteroatoms. The predicted molar refractivity (Wildman–Crippen MR) is 64.9 cm³/mol. The van der Waals surface area contributed by atoms with Crippen molar-refractivity contribution in [3.8, 4) is 0 Å². The molecule has 5 nitrogen and oxygen atoms in total. The van der Waals surface area contributed by atoms with E-state index in [2.05, 4.69) is 12.2 Å². The third-order valence-corrected chi connectivity index (χ3v) is 3.16. The summed E-state index contributed by atoms with van der Waals surface area (Å²) in [5.41, 5.74) is 0. The van der Waals surface area contributed by atoms with Crippen LogP contribution in [0.2, 0.25) is 0 Å². The molecule has 0 aromatic rings. The van der Waals surface area contributed by atoms with E-state index < -0.39 is 5.97 Å². The minimum atomic E-state index is -0.777. The molecule has 0 aliphatic carbocycles. The highest BCUT2D eigenvalue weighted by Crippen LogP contribution is 2.15. The second-order valence-corrected chi connectivity index (χ2v) is 4.75. The Morgan fingerprint density at radius 2 is 1.94 bits per heavy atom. The number of carboxylic acid groups (broad SMARTS) is 1. The summed E-state index contributed by atoms with van der Waals surface area (Å²) in [6.07, 6.45) is 3.67. The molecule has 0 radical (unpaired) electrons. The molecule has 0 aromatic heterocycles. The SMILES string of the molecule is CC1CCN(C(=O)NCCCCC(=O)O)CC1. The van der Waals surface area contributed by atoms with Gasteiger partial charge in [0.1, 0.15) is 0 Å². The number of nitrogens with one attached hydrogen (secondary N) is 1. The number of piperidine rings is 1. The second-order valence-electron chi connectivity index (χ2n) is 4.75. The van der Waals surface area contributed by atoms with Gasteiger partial charge in [-0.2, -0.15) is 0 Å². The van der Waals surface area contributed by atoms with Crippen LogP contribution in [-0.4, -0.2) is 41.6 Å². The first-order valence-electron chi connectivity index (χ1n) is 6.34. The van der Waals surface area contributed by atoms with Gasteiger partial charge in [-0.25, -0.2) is 4.79 Å². The quantitative estimate of drug-likeness (QED) is 0.721. The van der Waals surface area contributed by atoms with Crippen LogP contribution in [0.4, 0.5) is 4.79 Å². The van der Waals surface area contributed by atoms with Crippen LogP contribution in [0.5, 0.6) is 0 Å². The molecule has 0 bridgehead atoms. The van der Waals surface area contributed by atoms with E-state index >= 15 is 0 Å². The minimum Gasteiger partial charge on any atom is -0.481 e. The molecule has 1 rings (SSSR count). The first kappa shape index (κ1) is 13.8. The van der Waals surface area contributed by atoms with Crippen LogP contribution in [-0.2, 0) is 4.79 Å². The number of carbonyl (C=O) groups excluding carboxylic acids is 1. The lowest BCUT2D eigenvalue weighted by molar-refractivity contribution is -0.137. The van der Waals surface area contributed by atoms with Crippen molar-refractivity contribution in [1.82, 2.24) is 10.2 Å². The molecule has 1 saturated heterocycles. The van der Waals surface area contributed by atoms with Crippen molar-refractivity contribution in [2.45, 2.75) is 39.0 Å². The third-order valence-electron chi connectivity index (χ3n) is 3.16. The monoisotopic (exact) mass is 242 g/mol. The molecule has 2 N–H and O–H groups in total. The van der Waals surface area contributed by atoms with Gasteiger partial charge in [-0.05, 0) is 31.6 Å². The van der Waals surface area contributed by atoms with Gasteiger partial charge in [0.15, 0.2) is 0 Å². The fourth-order valence-corrected chi connectivity index (χ4v) is 1.92. The Kier molecular flexibility index (Phi) is 5.80. The molecule has 0 aromatic carbocycles. The number of rotatable bonds is 5. The molecule has 0 unspecified atom stereocenters. The van der Waals surface area contributed by atoms with Gasteiger partial charge in [0.05, 0.1) is 0 Å². The Bertz CT molecular complexity index is 260. The first-order valence-corrected chi connectivity index (χ1v) is 6.34. The van der Waals surface area contributed by atoms with Gasteiger partial charge in [-0.1, -0.05) is 6.92 Å². The van der Waals surface area contributed by atoms with E-state index in [4.69, 9.17) is 5.11 Å². The number of carboxylic acids is 1. The van der Waals surface area contributed by atoms with Crippen LogP contribution >= 0.6 is 0 Å². The van der Waals surface area contributed by atoms with E-state index in [0.717, 1.165) is 38.3 Å². The number of amides is 2. The van der Waals surface area contributed by atoms with E-state index in [1.807, 2.05) is 4.90 Å². The molecule has 0 saturated carbocycles. The van der Waals surface area contributed by atoms with Crippen molar-refractivity contribution in [2.24, 2.45) is 5.92 Å². The highest BCUT2D eigenvalue weighted by Gasteiger charge is 2.19. The highest BCUT2D eigenvalue weighted by molar-refractivity contribution is 5.74. The normalized spacial score (nSPS) is 16.9. The molecule has 1 aliphatic heterocycles. The highest BCUT2D eigenvalue weighted by atomic mass is 16.4. The van der Waals surface area contributed by atoms with Gasteiger partial charge in [-0.15, -0.1) is 0 Å². The topological polar surface area (TPSA) is 69.6 Å². The standard InChI is InChI=1S/C12H22N2O3/c1-10-5-8-14(9-6-10)12(17)13-7-3-2-4-11(15)16/h10H,2-9H2,1H3,(H,13,17)(H,15,16). The van der Waals surface area contributed by atoms with Gasteiger partial charge in [0.25, 0.3) is 0 Å². The van der Waals surface area contributed by atoms with E-state index in [1.165, 1.54) is 0 Å². The lowest BCUT2D eigenvalue weighted by atomic mass is 10.00. The van der Waals surface area contributed by atoms with Crippen LogP contribution < -0.4 is 5.32 Å². The van der Waals surface area contributed by atoms with Crippen LogP contribution in [0, 0.1) is 5.92 Å². The lowest BCUT2D eigenvalue weighted by Crippen LogP contribution is -2.44. The Hall–Kier alpha value is -1.26. The summed E-state index contributed by atoms with van der Waals surface area (Å²) in [5.74, 6) is -0.0593. The van der Waals surface area contributed by atoms with Crippen LogP contribution in [0.25, 0.3) is 0 Å². The maximum atomic E-state index is 11.7. The van der Waals surface area contributed by atoms with Crippen molar-refractivity contribution in [1.29, 1.82) is 0 Å². The van der Waals surface area contributed by atoms with Crippen molar-refractivity contribution < 1.29 is 14.7 Å². The smallest absolute Gasteiger partial charge is 0.317 e. The maximum Gasteiger partial charge on any atom is 0.317 e. The Balaban J connectivity index is 2.06. The molecule has 98 valence electrons. The number of unbranched alkanes of at least 4 members (excludes halogenated alkanes) is 1. The lowest BCUT2D eigenvalue weighted by Gasteiger charge is -2.30. The maximum absolute atomic E-state index is 11.7. The second kappa shape index (κ2) is 7.14. The number of urea groups is 1. The molecule has 2 amide bonds. The number of nitrogens with zero attached hydrogens (tertiary/aromatic N) is 1. The summed E-state index contributed by atoms with van der Waals surface area (Å²) in [5, 5.41) is 11.3. The largest absolute Gasteiger partial charge is 0.481 e. The van der Waals surface area contributed by atoms with Gasteiger partial charge in [-0.3, -0.25) is 4.79 Å². The number of hydrogen-bond acceptors (Lipinski definition) is 2. The summed E-state index contributed by atoms with van der Waals surface area (Å²) in [6.45, 7) is 4.45. The average molecular weight is 242 g/mol. The Morgan fingerprint density at radius 1 is 1.29 bits per heavy atom. The summed E-state index contributed by atoms with van der Waals surface area (Å²) in [4.78, 5) is 23.8. The van der Waals surface area contributed by atoms with Crippen molar-refractivity contribution in [3.63, 3.8) is 0 Å². The van der Waals surface area contributed by atoms with E-state index in [-0.39, 0.29) is 12.5 Å². The van der Waals surface area contributed by atoms with E-state index in [0.29, 0.717) is 13.0 Å². The van der Waals surface area contributed by atoms with Crippen molar-refractivity contribution in [2.75, 3.05) is 19.6 Å². The average Bonchev–Trinajstić information content (AvgIpc) is 2.29. The number of hydrogen-bond donors (Lipinski definition) is 2. The molecule has 1 heterocycles. The molecular weight excluding hydrogens is 220 g/mol. The van der Waals surface area contributed by atoms with Crippen LogP contribution in [0.15, 0.2) is 0 Å². The summed E-state index contributed by atoms with van der Waals surface area (Å²) >= 11 is 0. The zero-order chi connectivity index (χ0) is 12.7. The van der Waals surface area contributed by atoms with Crippen LogP contribution in [0.1, 0.15) is 39.0 Å². The fourth-order valence-electron chi connectivity index (χ4n) is 1.92. The van der Waals surface area contributed by atoms with Gasteiger partial charge in [0, 0.05) is 26.1 Å².